The number of benzene rings is 2. The number of hydrogen-bond acceptors (Lipinski definition) is 4. The summed E-state index contributed by atoms with van der Waals surface area (Å²) in [5.41, 5.74) is 2.33. The zero-order valence-corrected chi connectivity index (χ0v) is 15.3. The molecule has 5 nitrogen and oxygen atoms in total. The first-order valence-corrected chi connectivity index (χ1v) is 9.79. The zero-order chi connectivity index (χ0) is 19.0. The van der Waals surface area contributed by atoms with Gasteiger partial charge in [-0.2, -0.15) is 8.42 Å². The van der Waals surface area contributed by atoms with Crippen LogP contribution in [0.4, 0.5) is 4.39 Å². The number of furan rings is 1. The maximum absolute atomic E-state index is 13.3. The van der Waals surface area contributed by atoms with E-state index in [0.717, 1.165) is 5.56 Å². The van der Waals surface area contributed by atoms with E-state index in [2.05, 4.69) is 5.32 Å². The summed E-state index contributed by atoms with van der Waals surface area (Å²) >= 11 is 0. The van der Waals surface area contributed by atoms with E-state index in [1.807, 2.05) is 6.07 Å². The molecule has 0 saturated heterocycles. The van der Waals surface area contributed by atoms with Gasteiger partial charge in [0.2, 0.25) is 5.09 Å². The lowest BCUT2D eigenvalue weighted by molar-refractivity contribution is 0.478. The molecule has 0 unspecified atom stereocenters. The predicted molar refractivity (Wildman–Crippen MR) is 101 cm³/mol. The van der Waals surface area contributed by atoms with Gasteiger partial charge in [-0.3, -0.25) is 0 Å². The number of hydrogen-bond donors (Lipinski definition) is 1. The topological polar surface area (TPSA) is 64.2 Å². The minimum atomic E-state index is -3.96. The zero-order valence-electron chi connectivity index (χ0n) is 14.5. The Bertz CT molecular complexity index is 1170. The lowest BCUT2D eigenvalue weighted by atomic mass is 10.1. The molecule has 4 rings (SSSR count). The van der Waals surface area contributed by atoms with Crippen molar-refractivity contribution in [1.82, 2.24) is 9.29 Å². The Morgan fingerprint density at radius 3 is 2.52 bits per heavy atom. The number of para-hydroxylation sites is 1. The van der Waals surface area contributed by atoms with E-state index in [9.17, 15) is 12.8 Å². The van der Waals surface area contributed by atoms with Crippen LogP contribution < -0.4 is 5.32 Å². The van der Waals surface area contributed by atoms with Crippen LogP contribution in [0.1, 0.15) is 5.56 Å². The summed E-state index contributed by atoms with van der Waals surface area (Å²) in [5.74, 6) is -0.382. The monoisotopic (exact) mass is 384 g/mol. The second-order valence-electron chi connectivity index (χ2n) is 6.17. The van der Waals surface area contributed by atoms with Gasteiger partial charge in [0.15, 0.2) is 0 Å². The number of rotatable bonds is 5. The summed E-state index contributed by atoms with van der Waals surface area (Å²) < 4.78 is 46.6. The van der Waals surface area contributed by atoms with Crippen molar-refractivity contribution in [3.8, 4) is 11.3 Å². The van der Waals surface area contributed by atoms with Gasteiger partial charge >= 0.3 is 10.0 Å². The minimum Gasteiger partial charge on any atom is -0.443 e. The van der Waals surface area contributed by atoms with E-state index >= 15 is 0 Å². The van der Waals surface area contributed by atoms with Crippen molar-refractivity contribution in [1.29, 1.82) is 0 Å². The highest BCUT2D eigenvalue weighted by Crippen LogP contribution is 2.30. The highest BCUT2D eigenvalue weighted by molar-refractivity contribution is 7.89. The molecule has 0 bridgehead atoms. The summed E-state index contributed by atoms with van der Waals surface area (Å²) in [6.45, 7) is 0.497. The van der Waals surface area contributed by atoms with Gasteiger partial charge in [-0.05, 0) is 54.6 Å². The molecule has 0 aliphatic carbocycles. The average Bonchev–Trinajstić information content (AvgIpc) is 3.27. The lowest BCUT2D eigenvalue weighted by Crippen LogP contribution is -2.12. The Kier molecular flexibility index (Phi) is 4.33. The van der Waals surface area contributed by atoms with Crippen molar-refractivity contribution in [2.75, 3.05) is 7.05 Å². The second kappa shape index (κ2) is 6.68. The largest absolute Gasteiger partial charge is 0.443 e. The third-order valence-electron chi connectivity index (χ3n) is 4.28. The molecule has 2 aromatic carbocycles. The van der Waals surface area contributed by atoms with Crippen LogP contribution in [-0.4, -0.2) is 19.4 Å². The van der Waals surface area contributed by atoms with Gasteiger partial charge in [-0.15, -0.1) is 0 Å². The van der Waals surface area contributed by atoms with Crippen LogP contribution in [0.5, 0.6) is 0 Å². The molecule has 0 atom stereocenters. The van der Waals surface area contributed by atoms with Gasteiger partial charge < -0.3 is 9.73 Å². The molecular weight excluding hydrogens is 367 g/mol. The summed E-state index contributed by atoms with van der Waals surface area (Å²) in [6, 6.07) is 16.1. The molecular formula is C20H17FN2O3S. The van der Waals surface area contributed by atoms with Crippen LogP contribution in [0, 0.1) is 5.82 Å². The minimum absolute atomic E-state index is 0.140. The van der Waals surface area contributed by atoms with Crippen molar-refractivity contribution in [3.05, 3.63) is 78.2 Å². The highest BCUT2D eigenvalue weighted by Gasteiger charge is 2.25. The third-order valence-corrected chi connectivity index (χ3v) is 5.81. The Morgan fingerprint density at radius 2 is 1.81 bits per heavy atom. The Labute approximate surface area is 156 Å². The van der Waals surface area contributed by atoms with E-state index in [1.54, 1.807) is 49.6 Å². The first-order chi connectivity index (χ1) is 13.0. The van der Waals surface area contributed by atoms with E-state index < -0.39 is 10.0 Å². The molecule has 0 amide bonds. The molecule has 138 valence electrons. The van der Waals surface area contributed by atoms with E-state index in [0.29, 0.717) is 28.8 Å². The maximum atomic E-state index is 13.3. The van der Waals surface area contributed by atoms with Crippen molar-refractivity contribution in [3.63, 3.8) is 0 Å². The molecule has 4 aromatic rings. The van der Waals surface area contributed by atoms with Gasteiger partial charge in [0.25, 0.3) is 0 Å². The number of halogens is 1. The number of aromatic nitrogens is 1. The molecule has 2 heterocycles. The Hall–Kier alpha value is -2.90. The molecule has 0 spiro atoms. The average molecular weight is 384 g/mol. The number of fused-ring (bicyclic) bond motifs is 1. The quantitative estimate of drug-likeness (QED) is 0.565. The van der Waals surface area contributed by atoms with Crippen molar-refractivity contribution < 1.29 is 17.2 Å². The molecule has 2 aromatic heterocycles. The summed E-state index contributed by atoms with van der Waals surface area (Å²) in [6.07, 6.45) is 1.55. The van der Waals surface area contributed by atoms with Crippen LogP contribution in [-0.2, 0) is 16.6 Å². The van der Waals surface area contributed by atoms with Crippen molar-refractivity contribution in [2.24, 2.45) is 0 Å². The molecule has 0 aliphatic heterocycles. The fourth-order valence-electron chi connectivity index (χ4n) is 3.01. The first kappa shape index (κ1) is 17.5. The van der Waals surface area contributed by atoms with E-state index in [4.69, 9.17) is 4.42 Å². The van der Waals surface area contributed by atoms with Gasteiger partial charge in [-0.1, -0.05) is 18.2 Å². The Balaban J connectivity index is 1.89. The molecule has 0 saturated carbocycles. The fourth-order valence-corrected chi connectivity index (χ4v) is 4.37. The molecule has 0 radical (unpaired) electrons. The number of nitrogens with one attached hydrogen (secondary N) is 1. The van der Waals surface area contributed by atoms with Gasteiger partial charge in [0.05, 0.1) is 5.69 Å². The summed E-state index contributed by atoms with van der Waals surface area (Å²) in [7, 11) is -2.18. The molecule has 0 aliphatic rings. The SMILES string of the molecule is CNCc1cc(-c2ccc(F)cc2)n(S(=O)(=O)c2cc3ccccc3o2)c1. The van der Waals surface area contributed by atoms with Gasteiger partial charge in [-0.25, -0.2) is 8.36 Å². The smallest absolute Gasteiger partial charge is 0.301 e. The standard InChI is InChI=1S/C20H17FN2O3S/c1-22-12-14-10-18(15-6-8-17(21)9-7-15)23(13-14)27(24,25)20-11-16-4-2-3-5-19(16)26-20/h2-11,13,22H,12H2,1H3. The summed E-state index contributed by atoms with van der Waals surface area (Å²) in [4.78, 5) is 0. The third kappa shape index (κ3) is 3.15. The molecule has 0 fully saturated rings. The van der Waals surface area contributed by atoms with Crippen LogP contribution in [0.15, 0.2) is 76.4 Å². The second-order valence-corrected chi connectivity index (χ2v) is 7.92. The predicted octanol–water partition coefficient (Wildman–Crippen LogP) is 4.00. The molecule has 27 heavy (non-hydrogen) atoms. The first-order valence-electron chi connectivity index (χ1n) is 8.35. The maximum Gasteiger partial charge on any atom is 0.301 e. The lowest BCUT2D eigenvalue weighted by Gasteiger charge is -2.08. The Morgan fingerprint density at radius 1 is 1.07 bits per heavy atom. The summed E-state index contributed by atoms with van der Waals surface area (Å²) in [5, 5.41) is 3.58. The van der Waals surface area contributed by atoms with Crippen LogP contribution >= 0.6 is 0 Å². The highest BCUT2D eigenvalue weighted by atomic mass is 32.2. The van der Waals surface area contributed by atoms with Gasteiger partial charge in [0.1, 0.15) is 11.4 Å². The van der Waals surface area contributed by atoms with Crippen LogP contribution in [0.25, 0.3) is 22.2 Å². The molecule has 7 heteroatoms. The van der Waals surface area contributed by atoms with Crippen molar-refractivity contribution >= 4 is 21.0 Å². The number of nitrogens with zero attached hydrogens (tertiary/aromatic N) is 1. The van der Waals surface area contributed by atoms with E-state index in [1.165, 1.54) is 22.2 Å². The normalized spacial score (nSPS) is 11.9. The van der Waals surface area contributed by atoms with Crippen molar-refractivity contribution in [2.45, 2.75) is 11.6 Å². The van der Waals surface area contributed by atoms with E-state index in [-0.39, 0.29) is 10.9 Å². The fraction of sp³-hybridized carbons (Fsp3) is 0.100. The van der Waals surface area contributed by atoms with Crippen LogP contribution in [0.3, 0.4) is 0 Å². The molecule has 1 N–H and O–H groups in total. The van der Waals surface area contributed by atoms with Gasteiger partial charge in [0, 0.05) is 24.2 Å². The van der Waals surface area contributed by atoms with Crippen LogP contribution in [0.2, 0.25) is 0 Å².